The molecule has 1 aromatic carbocycles. The van der Waals surface area contributed by atoms with Crippen molar-refractivity contribution in [2.24, 2.45) is 0 Å². The lowest BCUT2D eigenvalue weighted by atomic mass is 10.1. The molecule has 2 aromatic rings. The maximum absolute atomic E-state index is 12.9. The Bertz CT molecular complexity index is 1050. The Morgan fingerprint density at radius 3 is 2.23 bits per heavy atom. The highest BCUT2D eigenvalue weighted by Crippen LogP contribution is 2.29. The second-order valence-electron chi connectivity index (χ2n) is 7.32. The first-order valence-corrected chi connectivity index (χ1v) is 11.8. The average Bonchev–Trinajstić information content (AvgIpc) is 3.27. The summed E-state index contributed by atoms with van der Waals surface area (Å²) in [5.74, 6) is -0.0387. The number of hydrogen-bond donors (Lipinski definition) is 0. The number of piperazine rings is 1. The number of carbonyl (C=O) groups is 2. The molecule has 8 nitrogen and oxygen atoms in total. The summed E-state index contributed by atoms with van der Waals surface area (Å²) in [4.78, 5) is 28.6. The summed E-state index contributed by atoms with van der Waals surface area (Å²) in [5.41, 5.74) is 0.797. The third kappa shape index (κ3) is 4.04. The Labute approximate surface area is 180 Å². The molecular formula is C20H22ClN3O5S. The van der Waals surface area contributed by atoms with Gasteiger partial charge in [-0.2, -0.15) is 0 Å². The Morgan fingerprint density at radius 2 is 1.63 bits per heavy atom. The zero-order valence-corrected chi connectivity index (χ0v) is 17.9. The van der Waals surface area contributed by atoms with Crippen molar-refractivity contribution in [2.75, 3.05) is 42.8 Å². The number of sulfonamides is 1. The van der Waals surface area contributed by atoms with Crippen LogP contribution in [0.4, 0.5) is 5.69 Å². The lowest BCUT2D eigenvalue weighted by Gasteiger charge is -2.34. The van der Waals surface area contributed by atoms with Gasteiger partial charge in [0.25, 0.3) is 11.8 Å². The standard InChI is InChI=1S/C20H22ClN3O5S/c21-17-14-15(24-7-1-2-13-30(24,27)28)5-6-16(17)19(25)22-8-10-23(11-9-22)20(26)18-4-3-12-29-18/h3-6,12,14H,1-2,7-11,13H2. The molecular weight excluding hydrogens is 430 g/mol. The van der Waals surface area contributed by atoms with E-state index < -0.39 is 10.0 Å². The van der Waals surface area contributed by atoms with Crippen LogP contribution in [0.1, 0.15) is 33.8 Å². The van der Waals surface area contributed by atoms with Crippen molar-refractivity contribution < 1.29 is 22.4 Å². The van der Waals surface area contributed by atoms with Crippen molar-refractivity contribution in [2.45, 2.75) is 12.8 Å². The molecule has 0 N–H and O–H groups in total. The fourth-order valence-electron chi connectivity index (χ4n) is 3.75. The van der Waals surface area contributed by atoms with Crippen LogP contribution in [0.25, 0.3) is 0 Å². The van der Waals surface area contributed by atoms with Gasteiger partial charge in [-0.1, -0.05) is 11.6 Å². The molecule has 0 aliphatic carbocycles. The zero-order chi connectivity index (χ0) is 21.3. The van der Waals surface area contributed by atoms with Gasteiger partial charge in [-0.3, -0.25) is 13.9 Å². The summed E-state index contributed by atoms with van der Waals surface area (Å²) in [6.45, 7) is 1.96. The van der Waals surface area contributed by atoms with Crippen LogP contribution >= 0.6 is 11.6 Å². The van der Waals surface area contributed by atoms with E-state index in [1.54, 1.807) is 34.1 Å². The number of rotatable bonds is 3. The van der Waals surface area contributed by atoms with Gasteiger partial charge < -0.3 is 14.2 Å². The van der Waals surface area contributed by atoms with Gasteiger partial charge >= 0.3 is 0 Å². The highest BCUT2D eigenvalue weighted by molar-refractivity contribution is 7.92. The molecule has 0 unspecified atom stereocenters. The largest absolute Gasteiger partial charge is 0.459 e. The minimum atomic E-state index is -3.35. The van der Waals surface area contributed by atoms with Crippen molar-refractivity contribution >= 4 is 39.1 Å². The third-order valence-corrected chi connectivity index (χ3v) is 7.59. The number of furan rings is 1. The molecule has 10 heteroatoms. The normalized spacial score (nSPS) is 19.0. The Balaban J connectivity index is 1.43. The number of anilines is 1. The molecule has 0 saturated carbocycles. The predicted octanol–water partition coefficient (Wildman–Crippen LogP) is 2.46. The van der Waals surface area contributed by atoms with E-state index in [1.807, 2.05) is 0 Å². The lowest BCUT2D eigenvalue weighted by Crippen LogP contribution is -2.50. The molecule has 160 valence electrons. The Morgan fingerprint density at radius 1 is 0.933 bits per heavy atom. The maximum Gasteiger partial charge on any atom is 0.289 e. The predicted molar refractivity (Wildman–Crippen MR) is 112 cm³/mol. The van der Waals surface area contributed by atoms with Crippen molar-refractivity contribution in [3.05, 3.63) is 52.9 Å². The summed E-state index contributed by atoms with van der Waals surface area (Å²) in [5, 5.41) is 0.215. The number of benzene rings is 1. The summed E-state index contributed by atoms with van der Waals surface area (Å²) < 4.78 is 31.1. The number of halogens is 1. The number of nitrogens with zero attached hydrogens (tertiary/aromatic N) is 3. The number of carbonyl (C=O) groups excluding carboxylic acids is 2. The van der Waals surface area contributed by atoms with Gasteiger partial charge in [0.05, 0.1) is 28.3 Å². The number of hydrogen-bond acceptors (Lipinski definition) is 5. The van der Waals surface area contributed by atoms with Gasteiger partial charge in [0.2, 0.25) is 10.0 Å². The van der Waals surface area contributed by atoms with Crippen molar-refractivity contribution in [3.8, 4) is 0 Å². The second kappa shape index (κ2) is 8.31. The Kier molecular flexibility index (Phi) is 5.75. The van der Waals surface area contributed by atoms with Gasteiger partial charge in [-0.15, -0.1) is 0 Å². The van der Waals surface area contributed by atoms with Crippen LogP contribution in [0.5, 0.6) is 0 Å². The first-order valence-electron chi connectivity index (χ1n) is 9.79. The van der Waals surface area contributed by atoms with Crippen molar-refractivity contribution in [3.63, 3.8) is 0 Å². The van der Waals surface area contributed by atoms with Crippen LogP contribution < -0.4 is 4.31 Å². The third-order valence-electron chi connectivity index (χ3n) is 5.41. The molecule has 2 aliphatic rings. The van der Waals surface area contributed by atoms with Crippen molar-refractivity contribution in [1.29, 1.82) is 0 Å². The molecule has 1 aromatic heterocycles. The van der Waals surface area contributed by atoms with Gasteiger partial charge in [0.15, 0.2) is 5.76 Å². The molecule has 4 rings (SSSR count). The SMILES string of the molecule is O=C(c1ccco1)N1CCN(C(=O)c2ccc(N3CCCCS3(=O)=O)cc2Cl)CC1. The highest BCUT2D eigenvalue weighted by atomic mass is 35.5. The van der Waals surface area contributed by atoms with Gasteiger partial charge in [-0.05, 0) is 43.2 Å². The smallest absolute Gasteiger partial charge is 0.289 e. The topological polar surface area (TPSA) is 91.1 Å². The summed E-state index contributed by atoms with van der Waals surface area (Å²) in [6, 6.07) is 8.01. The lowest BCUT2D eigenvalue weighted by molar-refractivity contribution is 0.0518. The molecule has 2 fully saturated rings. The fraction of sp³-hybridized carbons (Fsp3) is 0.400. The molecule has 2 amide bonds. The van der Waals surface area contributed by atoms with Crippen LogP contribution in [-0.2, 0) is 10.0 Å². The van der Waals surface area contributed by atoms with Crippen LogP contribution in [0.3, 0.4) is 0 Å². The molecule has 0 bridgehead atoms. The van der Waals surface area contributed by atoms with Gasteiger partial charge in [0.1, 0.15) is 0 Å². The van der Waals surface area contributed by atoms with Crippen LogP contribution in [-0.4, -0.2) is 68.5 Å². The fourth-order valence-corrected chi connectivity index (χ4v) is 5.64. The summed E-state index contributed by atoms with van der Waals surface area (Å²) in [7, 11) is -3.35. The molecule has 0 spiro atoms. The quantitative estimate of drug-likeness (QED) is 0.714. The van der Waals surface area contributed by atoms with E-state index in [-0.39, 0.29) is 28.4 Å². The van der Waals surface area contributed by atoms with Crippen LogP contribution in [0, 0.1) is 0 Å². The maximum atomic E-state index is 12.9. The summed E-state index contributed by atoms with van der Waals surface area (Å²) in [6.07, 6.45) is 2.89. The first kappa shape index (κ1) is 20.7. The first-order chi connectivity index (χ1) is 14.4. The van der Waals surface area contributed by atoms with Crippen LogP contribution in [0.2, 0.25) is 5.02 Å². The molecule has 0 atom stereocenters. The van der Waals surface area contributed by atoms with Gasteiger partial charge in [-0.25, -0.2) is 8.42 Å². The van der Waals surface area contributed by atoms with Crippen molar-refractivity contribution in [1.82, 2.24) is 9.80 Å². The van der Waals surface area contributed by atoms with Gasteiger partial charge in [0, 0.05) is 32.7 Å². The summed E-state index contributed by atoms with van der Waals surface area (Å²) >= 11 is 6.36. The molecule has 3 heterocycles. The van der Waals surface area contributed by atoms with E-state index in [0.29, 0.717) is 50.4 Å². The van der Waals surface area contributed by atoms with E-state index in [1.165, 1.54) is 16.6 Å². The molecule has 2 aliphatic heterocycles. The van der Waals surface area contributed by atoms with E-state index in [0.717, 1.165) is 6.42 Å². The molecule has 30 heavy (non-hydrogen) atoms. The minimum Gasteiger partial charge on any atom is -0.459 e. The number of amides is 2. The monoisotopic (exact) mass is 451 g/mol. The molecule has 2 saturated heterocycles. The van der Waals surface area contributed by atoms with Crippen LogP contribution in [0.15, 0.2) is 41.0 Å². The minimum absolute atomic E-state index is 0.117. The van der Waals surface area contributed by atoms with E-state index in [9.17, 15) is 18.0 Å². The second-order valence-corrected chi connectivity index (χ2v) is 9.74. The van der Waals surface area contributed by atoms with E-state index in [2.05, 4.69) is 0 Å². The van der Waals surface area contributed by atoms with E-state index in [4.69, 9.17) is 16.0 Å². The average molecular weight is 452 g/mol. The highest BCUT2D eigenvalue weighted by Gasteiger charge is 2.29. The molecule has 0 radical (unpaired) electrons. The zero-order valence-electron chi connectivity index (χ0n) is 16.3. The Hall–Kier alpha value is -2.52. The van der Waals surface area contributed by atoms with E-state index >= 15 is 0 Å².